The lowest BCUT2D eigenvalue weighted by molar-refractivity contribution is -0.130. The zero-order valence-electron chi connectivity index (χ0n) is 38.8. The fraction of sp³-hybridized carbons (Fsp3) is 0.458. The van der Waals surface area contributed by atoms with E-state index in [4.69, 9.17) is 14.2 Å². The van der Waals surface area contributed by atoms with E-state index >= 15 is 0 Å². The summed E-state index contributed by atoms with van der Waals surface area (Å²) in [5.41, 5.74) is 2.57. The van der Waals surface area contributed by atoms with E-state index in [9.17, 15) is 33.2 Å². The molecule has 1 heterocycles. The Morgan fingerprint density at radius 1 is 0.892 bits per heavy atom. The highest BCUT2D eigenvalue weighted by Gasteiger charge is 2.31. The van der Waals surface area contributed by atoms with E-state index in [1.165, 1.54) is 25.4 Å². The molecule has 3 aromatic carbocycles. The van der Waals surface area contributed by atoms with Crippen LogP contribution in [0.4, 0.5) is 25.4 Å². The molecule has 0 saturated heterocycles. The molecule has 17 heteroatoms. The van der Waals surface area contributed by atoms with Gasteiger partial charge >= 0.3 is 18.2 Å². The van der Waals surface area contributed by atoms with Crippen molar-refractivity contribution in [1.82, 2.24) is 15.2 Å². The fourth-order valence-corrected chi connectivity index (χ4v) is 8.33. The number of anilines is 2. The van der Waals surface area contributed by atoms with Crippen LogP contribution in [0, 0.1) is 24.6 Å². The first-order valence-corrected chi connectivity index (χ1v) is 25.5. The Hall–Kier alpha value is -6.07. The number of aryl methyl sites for hydroxylation is 1. The number of nitrogens with zero attached hydrogens (tertiary/aromatic N) is 1. The molecule has 350 valence electrons. The number of hydrogen-bond donors (Lipinski definition) is 4. The second-order valence-corrected chi connectivity index (χ2v) is 24.3. The molecular formula is C48H62FN5O10Si. The molecule has 1 aliphatic rings. The number of carbonyl (C=O) groups is 5. The summed E-state index contributed by atoms with van der Waals surface area (Å²) in [7, 11) is 1.01. The third kappa shape index (κ3) is 14.2. The lowest BCUT2D eigenvalue weighted by atomic mass is 9.81. The number of methoxy groups -OCH3 is 2. The van der Waals surface area contributed by atoms with Crippen molar-refractivity contribution in [3.05, 3.63) is 93.5 Å². The number of aromatic nitrogens is 1. The van der Waals surface area contributed by atoms with Gasteiger partial charge < -0.3 is 39.5 Å². The molecule has 65 heavy (non-hydrogen) atoms. The lowest BCUT2D eigenvalue weighted by Crippen LogP contribution is -2.48. The Bertz CT molecular complexity index is 2440. The molecule has 1 fully saturated rings. The average molecular weight is 916 g/mol. The molecule has 5 rings (SSSR count). The SMILES string of the molecule is COC(=O)Nc1ccc(NC(=O)[C@H](Cc2ccc(-c3cc4c(cc3C)c(=O)c(C(=O)OC)cn4COCC[Si](C)(C)C)cc2)NC(=O)C2CCC(CNC(=O)OC(C)(C)C)CC2)cc1F. The first-order chi connectivity index (χ1) is 30.6. The summed E-state index contributed by atoms with van der Waals surface area (Å²) in [5.74, 6) is -2.60. The minimum Gasteiger partial charge on any atom is -0.465 e. The van der Waals surface area contributed by atoms with Gasteiger partial charge in [-0.05, 0) is 118 Å². The van der Waals surface area contributed by atoms with E-state index in [0.29, 0.717) is 49.7 Å². The van der Waals surface area contributed by atoms with Crippen molar-refractivity contribution in [3.8, 4) is 11.1 Å². The van der Waals surface area contributed by atoms with Gasteiger partial charge in [0.1, 0.15) is 29.8 Å². The molecule has 0 unspecified atom stereocenters. The van der Waals surface area contributed by atoms with Gasteiger partial charge in [0.25, 0.3) is 0 Å². The average Bonchev–Trinajstić information content (AvgIpc) is 3.25. The van der Waals surface area contributed by atoms with Crippen LogP contribution in [0.25, 0.3) is 22.0 Å². The number of carbonyl (C=O) groups excluding carboxylic acids is 5. The largest absolute Gasteiger partial charge is 0.465 e. The number of hydrogen-bond acceptors (Lipinski definition) is 10. The van der Waals surface area contributed by atoms with E-state index in [1.807, 2.05) is 37.3 Å². The van der Waals surface area contributed by atoms with E-state index in [1.54, 1.807) is 31.4 Å². The number of fused-ring (bicyclic) bond motifs is 1. The monoisotopic (exact) mass is 915 g/mol. The Morgan fingerprint density at radius 2 is 1.58 bits per heavy atom. The molecule has 1 atom stereocenters. The molecule has 4 aromatic rings. The van der Waals surface area contributed by atoms with Crippen LogP contribution in [-0.2, 0) is 41.7 Å². The molecule has 15 nitrogen and oxygen atoms in total. The smallest absolute Gasteiger partial charge is 0.411 e. The van der Waals surface area contributed by atoms with Crippen LogP contribution >= 0.6 is 0 Å². The Kier molecular flexibility index (Phi) is 16.7. The first kappa shape index (κ1) is 49.9. The van der Waals surface area contributed by atoms with Gasteiger partial charge in [0, 0.05) is 50.8 Å². The van der Waals surface area contributed by atoms with Crippen molar-refractivity contribution in [2.75, 3.05) is 38.0 Å². The number of pyridine rings is 1. The van der Waals surface area contributed by atoms with E-state index in [2.05, 4.69) is 45.6 Å². The summed E-state index contributed by atoms with van der Waals surface area (Å²) < 4.78 is 37.6. The predicted octanol–water partition coefficient (Wildman–Crippen LogP) is 8.39. The molecule has 4 N–H and O–H groups in total. The Labute approximate surface area is 380 Å². The Morgan fingerprint density at radius 3 is 2.20 bits per heavy atom. The van der Waals surface area contributed by atoms with Crippen LogP contribution in [-0.4, -0.2) is 81.6 Å². The summed E-state index contributed by atoms with van der Waals surface area (Å²) >= 11 is 0. The van der Waals surface area contributed by atoms with Crippen molar-refractivity contribution in [2.45, 2.75) is 104 Å². The van der Waals surface area contributed by atoms with Gasteiger partial charge in [0.2, 0.25) is 17.2 Å². The number of rotatable bonds is 16. The fourth-order valence-electron chi connectivity index (χ4n) is 7.57. The summed E-state index contributed by atoms with van der Waals surface area (Å²) in [6.45, 7) is 15.1. The molecular weight excluding hydrogens is 854 g/mol. The molecule has 1 aliphatic carbocycles. The van der Waals surface area contributed by atoms with Gasteiger partial charge in [-0.15, -0.1) is 0 Å². The minimum atomic E-state index is -1.38. The van der Waals surface area contributed by atoms with E-state index in [0.717, 1.165) is 41.5 Å². The van der Waals surface area contributed by atoms with Gasteiger partial charge in [0.05, 0.1) is 25.4 Å². The second kappa shape index (κ2) is 21.7. The molecule has 0 aliphatic heterocycles. The highest BCUT2D eigenvalue weighted by Crippen LogP contribution is 2.31. The van der Waals surface area contributed by atoms with E-state index < -0.39 is 55.0 Å². The highest BCUT2D eigenvalue weighted by molar-refractivity contribution is 6.76. The Balaban J connectivity index is 1.37. The number of esters is 1. The predicted molar refractivity (Wildman–Crippen MR) is 250 cm³/mol. The first-order valence-electron chi connectivity index (χ1n) is 21.8. The van der Waals surface area contributed by atoms with Crippen LogP contribution in [0.1, 0.15) is 67.9 Å². The van der Waals surface area contributed by atoms with Crippen molar-refractivity contribution in [1.29, 1.82) is 0 Å². The quantitative estimate of drug-likeness (QED) is 0.0367. The third-order valence-electron chi connectivity index (χ3n) is 11.2. The van der Waals surface area contributed by atoms with Crippen LogP contribution < -0.4 is 26.7 Å². The van der Waals surface area contributed by atoms with Crippen LogP contribution in [0.5, 0.6) is 0 Å². The third-order valence-corrected chi connectivity index (χ3v) is 12.9. The van der Waals surface area contributed by atoms with Gasteiger partial charge in [-0.1, -0.05) is 43.9 Å². The maximum absolute atomic E-state index is 14.9. The number of benzene rings is 3. The van der Waals surface area contributed by atoms with Gasteiger partial charge in [-0.2, -0.15) is 0 Å². The molecule has 0 bridgehead atoms. The van der Waals surface area contributed by atoms with Gasteiger partial charge in [-0.3, -0.25) is 19.7 Å². The number of halogens is 1. The number of ether oxygens (including phenoxy) is 4. The molecule has 1 aromatic heterocycles. The summed E-state index contributed by atoms with van der Waals surface area (Å²) in [6, 6.07) is 14.8. The van der Waals surface area contributed by atoms with Crippen molar-refractivity contribution >= 4 is 60.3 Å². The van der Waals surface area contributed by atoms with Crippen LogP contribution in [0.15, 0.2) is 65.6 Å². The molecule has 0 spiro atoms. The number of amides is 4. The molecule has 4 amide bonds. The van der Waals surface area contributed by atoms with Crippen LogP contribution in [0.3, 0.4) is 0 Å². The van der Waals surface area contributed by atoms with Crippen molar-refractivity contribution in [3.63, 3.8) is 0 Å². The topological polar surface area (TPSA) is 192 Å². The minimum absolute atomic E-state index is 0.0889. The summed E-state index contributed by atoms with van der Waals surface area (Å²) in [5, 5.41) is 11.1. The van der Waals surface area contributed by atoms with E-state index in [-0.39, 0.29) is 47.8 Å². The summed E-state index contributed by atoms with van der Waals surface area (Å²) in [4.78, 5) is 77.8. The standard InChI is InChI=1S/C48H62FN5O10Si/c1-29-22-36-41(54(28-63-20-21-65(7,8)9)27-37(42(36)55)45(58)61-5)25-35(29)32-14-10-30(11-15-32)23-40(44(57)51-34-18-19-39(38(49)24-34)53-47(60)62-6)52-43(56)33-16-12-31(13-17-33)26-50-46(59)64-48(2,3)4/h10-11,14-15,18-19,22,24-25,27,31,33,40H,12-13,16-17,20-21,23,26,28H2,1-9H3,(H,50,59)(H,51,57)(H,52,56)(H,53,60)/t31?,33?,40-/m0/s1. The summed E-state index contributed by atoms with van der Waals surface area (Å²) in [6.07, 6.45) is 2.73. The maximum Gasteiger partial charge on any atom is 0.411 e. The zero-order valence-corrected chi connectivity index (χ0v) is 39.8. The lowest BCUT2D eigenvalue weighted by Gasteiger charge is -2.29. The zero-order chi connectivity index (χ0) is 47.6. The van der Waals surface area contributed by atoms with Crippen molar-refractivity contribution in [2.24, 2.45) is 11.8 Å². The molecule has 1 saturated carbocycles. The second-order valence-electron chi connectivity index (χ2n) is 18.7. The van der Waals surface area contributed by atoms with Gasteiger partial charge in [-0.25, -0.2) is 18.8 Å². The highest BCUT2D eigenvalue weighted by atomic mass is 28.3. The number of nitrogens with one attached hydrogen (secondary N) is 4. The maximum atomic E-state index is 14.9. The van der Waals surface area contributed by atoms with Crippen molar-refractivity contribution < 1.29 is 47.3 Å². The van der Waals surface area contributed by atoms with Crippen LogP contribution in [0.2, 0.25) is 25.7 Å². The molecule has 0 radical (unpaired) electrons. The van der Waals surface area contributed by atoms with Gasteiger partial charge in [0.15, 0.2) is 0 Å². The normalized spacial score (nSPS) is 15.7. The number of alkyl carbamates (subject to hydrolysis) is 1.